The van der Waals surface area contributed by atoms with E-state index in [1.165, 1.54) is 7.11 Å². The summed E-state index contributed by atoms with van der Waals surface area (Å²) in [5.74, 6) is 0.525. The highest BCUT2D eigenvalue weighted by atomic mass is 16.5. The van der Waals surface area contributed by atoms with Crippen LogP contribution in [0.15, 0.2) is 49.2 Å². The molecule has 0 spiro atoms. The number of aryl methyl sites for hydroxylation is 1. The van der Waals surface area contributed by atoms with E-state index in [0.717, 1.165) is 28.2 Å². The second-order valence-electron chi connectivity index (χ2n) is 5.43. The van der Waals surface area contributed by atoms with E-state index in [-0.39, 0.29) is 5.75 Å². The summed E-state index contributed by atoms with van der Waals surface area (Å²) in [6.07, 6.45) is 9.11. The number of phenolic OH excluding ortho intramolecular Hbond substituents is 1. The van der Waals surface area contributed by atoms with Gasteiger partial charge in [-0.2, -0.15) is 5.10 Å². The number of ether oxygens (including phenoxy) is 1. The van der Waals surface area contributed by atoms with E-state index in [4.69, 9.17) is 4.74 Å². The number of fused-ring (bicyclic) bond motifs is 1. The van der Waals surface area contributed by atoms with Crippen LogP contribution in [0.5, 0.6) is 11.5 Å². The quantitative estimate of drug-likeness (QED) is 0.627. The molecule has 0 amide bonds. The Morgan fingerprint density at radius 1 is 1.04 bits per heavy atom. The first-order chi connectivity index (χ1) is 11.7. The number of aromatic nitrogens is 5. The fourth-order valence-corrected chi connectivity index (χ4v) is 2.64. The lowest BCUT2D eigenvalue weighted by Crippen LogP contribution is -1.93. The molecular formula is C17H15N5O2. The Bertz CT molecular complexity index is 1030. The number of hydrogen-bond donors (Lipinski definition) is 1. The highest BCUT2D eigenvalue weighted by molar-refractivity contribution is 5.68. The standard InChI is InChI=1S/C17H15N5O2/c1-21-9-12(6-20-21)13-10-22-14(7-19-17(22)8-18-13)11-3-4-15(23)16(5-11)24-2/h3-10,23H,1-2H3. The average molecular weight is 321 g/mol. The van der Waals surface area contributed by atoms with Gasteiger partial charge in [-0.25, -0.2) is 4.98 Å². The third kappa shape index (κ3) is 2.26. The molecule has 0 fully saturated rings. The van der Waals surface area contributed by atoms with Crippen molar-refractivity contribution in [3.8, 4) is 34.0 Å². The predicted molar refractivity (Wildman–Crippen MR) is 88.8 cm³/mol. The Morgan fingerprint density at radius 2 is 1.92 bits per heavy atom. The van der Waals surface area contributed by atoms with Crippen LogP contribution in [0.2, 0.25) is 0 Å². The summed E-state index contributed by atoms with van der Waals surface area (Å²) in [6, 6.07) is 5.21. The van der Waals surface area contributed by atoms with Gasteiger partial charge in [-0.1, -0.05) is 0 Å². The Hall–Kier alpha value is -3.35. The molecule has 1 N–H and O–H groups in total. The molecule has 0 aliphatic carbocycles. The summed E-state index contributed by atoms with van der Waals surface area (Å²) in [6.45, 7) is 0. The Balaban J connectivity index is 1.87. The van der Waals surface area contributed by atoms with Gasteiger partial charge >= 0.3 is 0 Å². The number of nitrogens with zero attached hydrogens (tertiary/aromatic N) is 5. The Labute approximate surface area is 137 Å². The van der Waals surface area contributed by atoms with Gasteiger partial charge in [0.1, 0.15) is 0 Å². The van der Waals surface area contributed by atoms with Crippen LogP contribution < -0.4 is 4.74 Å². The van der Waals surface area contributed by atoms with E-state index >= 15 is 0 Å². The maximum absolute atomic E-state index is 9.77. The lowest BCUT2D eigenvalue weighted by molar-refractivity contribution is 0.373. The van der Waals surface area contributed by atoms with Gasteiger partial charge in [0, 0.05) is 30.6 Å². The highest BCUT2D eigenvalue weighted by Gasteiger charge is 2.11. The van der Waals surface area contributed by atoms with Crippen molar-refractivity contribution in [2.24, 2.45) is 7.05 Å². The van der Waals surface area contributed by atoms with Gasteiger partial charge in [0.15, 0.2) is 17.1 Å². The van der Waals surface area contributed by atoms with Gasteiger partial charge < -0.3 is 9.84 Å². The zero-order valence-electron chi connectivity index (χ0n) is 13.2. The number of rotatable bonds is 3. The molecule has 0 radical (unpaired) electrons. The third-order valence-electron chi connectivity index (χ3n) is 3.87. The van der Waals surface area contributed by atoms with E-state index in [1.54, 1.807) is 35.4 Å². The van der Waals surface area contributed by atoms with Crippen molar-refractivity contribution in [3.05, 3.63) is 49.2 Å². The van der Waals surface area contributed by atoms with Gasteiger partial charge in [0.05, 0.1) is 37.1 Å². The minimum atomic E-state index is 0.104. The minimum absolute atomic E-state index is 0.104. The lowest BCUT2D eigenvalue weighted by atomic mass is 10.1. The third-order valence-corrected chi connectivity index (χ3v) is 3.87. The molecule has 0 bridgehead atoms. The molecule has 0 saturated carbocycles. The summed E-state index contributed by atoms with van der Waals surface area (Å²) < 4.78 is 8.88. The number of phenols is 1. The number of imidazole rings is 1. The second kappa shape index (κ2) is 5.38. The van der Waals surface area contributed by atoms with Crippen LogP contribution in [0.3, 0.4) is 0 Å². The molecule has 120 valence electrons. The van der Waals surface area contributed by atoms with E-state index < -0.39 is 0 Å². The number of benzene rings is 1. The van der Waals surface area contributed by atoms with Crippen molar-refractivity contribution in [3.63, 3.8) is 0 Å². The van der Waals surface area contributed by atoms with Crippen molar-refractivity contribution in [1.29, 1.82) is 0 Å². The number of methoxy groups -OCH3 is 1. The van der Waals surface area contributed by atoms with Crippen molar-refractivity contribution < 1.29 is 9.84 Å². The van der Waals surface area contributed by atoms with Crippen LogP contribution in [0.25, 0.3) is 28.2 Å². The van der Waals surface area contributed by atoms with Crippen LogP contribution in [-0.4, -0.2) is 36.4 Å². The molecule has 0 aliphatic heterocycles. The van der Waals surface area contributed by atoms with Crippen LogP contribution in [0.1, 0.15) is 0 Å². The van der Waals surface area contributed by atoms with E-state index in [2.05, 4.69) is 15.1 Å². The average Bonchev–Trinajstić information content (AvgIpc) is 3.21. The van der Waals surface area contributed by atoms with Gasteiger partial charge in [-0.05, 0) is 18.2 Å². The van der Waals surface area contributed by atoms with E-state index in [0.29, 0.717) is 5.75 Å². The summed E-state index contributed by atoms with van der Waals surface area (Å²) in [5.41, 5.74) is 4.25. The summed E-state index contributed by atoms with van der Waals surface area (Å²) in [4.78, 5) is 8.83. The first kappa shape index (κ1) is 14.3. The molecule has 0 saturated heterocycles. The van der Waals surface area contributed by atoms with Gasteiger partial charge in [0.25, 0.3) is 0 Å². The minimum Gasteiger partial charge on any atom is -0.504 e. The zero-order chi connectivity index (χ0) is 16.7. The molecule has 24 heavy (non-hydrogen) atoms. The number of hydrogen-bond acceptors (Lipinski definition) is 5. The summed E-state index contributed by atoms with van der Waals surface area (Å²) >= 11 is 0. The summed E-state index contributed by atoms with van der Waals surface area (Å²) in [7, 11) is 3.39. The van der Waals surface area contributed by atoms with Crippen molar-refractivity contribution >= 4 is 5.65 Å². The van der Waals surface area contributed by atoms with Crippen molar-refractivity contribution in [1.82, 2.24) is 24.1 Å². The second-order valence-corrected chi connectivity index (χ2v) is 5.43. The first-order valence-electron chi connectivity index (χ1n) is 7.35. The zero-order valence-corrected chi connectivity index (χ0v) is 13.2. The maximum atomic E-state index is 9.77. The smallest absolute Gasteiger partial charge is 0.161 e. The topological polar surface area (TPSA) is 77.5 Å². The molecule has 4 aromatic rings. The van der Waals surface area contributed by atoms with Gasteiger partial charge in [0.2, 0.25) is 0 Å². The Kier molecular flexibility index (Phi) is 3.19. The van der Waals surface area contributed by atoms with Gasteiger partial charge in [-0.3, -0.25) is 14.1 Å². The maximum Gasteiger partial charge on any atom is 0.161 e. The largest absolute Gasteiger partial charge is 0.504 e. The first-order valence-corrected chi connectivity index (χ1v) is 7.35. The SMILES string of the molecule is COc1cc(-c2cnc3cnc(-c4cnn(C)c4)cn23)ccc1O. The molecule has 7 heteroatoms. The molecule has 7 nitrogen and oxygen atoms in total. The summed E-state index contributed by atoms with van der Waals surface area (Å²) in [5, 5.41) is 14.0. The van der Waals surface area contributed by atoms with E-state index in [1.807, 2.05) is 29.9 Å². The fraction of sp³-hybridized carbons (Fsp3) is 0.118. The van der Waals surface area contributed by atoms with E-state index in [9.17, 15) is 5.11 Å². The van der Waals surface area contributed by atoms with Crippen LogP contribution in [0, 0.1) is 0 Å². The molecule has 0 aliphatic rings. The molecule has 4 rings (SSSR count). The predicted octanol–water partition coefficient (Wildman–Crippen LogP) is 2.51. The molecule has 0 unspecified atom stereocenters. The van der Waals surface area contributed by atoms with Crippen LogP contribution in [0.4, 0.5) is 0 Å². The molecule has 0 atom stereocenters. The molecule has 1 aromatic carbocycles. The normalized spacial score (nSPS) is 11.1. The molecule has 3 aromatic heterocycles. The molecule has 3 heterocycles. The van der Waals surface area contributed by atoms with Crippen molar-refractivity contribution in [2.75, 3.05) is 7.11 Å². The monoisotopic (exact) mass is 321 g/mol. The lowest BCUT2D eigenvalue weighted by Gasteiger charge is -2.07. The molecular weight excluding hydrogens is 306 g/mol. The Morgan fingerprint density at radius 3 is 2.67 bits per heavy atom. The van der Waals surface area contributed by atoms with Gasteiger partial charge in [-0.15, -0.1) is 0 Å². The van der Waals surface area contributed by atoms with Crippen LogP contribution in [-0.2, 0) is 7.05 Å². The van der Waals surface area contributed by atoms with Crippen molar-refractivity contribution in [2.45, 2.75) is 0 Å². The van der Waals surface area contributed by atoms with Crippen LogP contribution >= 0.6 is 0 Å². The highest BCUT2D eigenvalue weighted by Crippen LogP contribution is 2.32. The fourth-order valence-electron chi connectivity index (χ4n) is 2.64. The number of aromatic hydroxyl groups is 1.